The molecule has 0 aromatic heterocycles. The van der Waals surface area contributed by atoms with Crippen molar-refractivity contribution in [3.05, 3.63) is 64.7 Å². The van der Waals surface area contributed by atoms with E-state index in [0.717, 1.165) is 5.69 Å². The maximum atomic E-state index is 12.8. The van der Waals surface area contributed by atoms with Crippen LogP contribution in [-0.2, 0) is 14.8 Å². The highest BCUT2D eigenvalue weighted by Gasteiger charge is 2.33. The summed E-state index contributed by atoms with van der Waals surface area (Å²) in [5.41, 5.74) is 0.311. The van der Waals surface area contributed by atoms with Crippen molar-refractivity contribution in [1.82, 2.24) is 9.21 Å². The molecule has 1 amide bonds. The van der Waals surface area contributed by atoms with Crippen molar-refractivity contribution in [2.24, 2.45) is 0 Å². The quantitative estimate of drug-likeness (QED) is 0.543. The summed E-state index contributed by atoms with van der Waals surface area (Å²) in [7, 11) is -3.95. The lowest BCUT2D eigenvalue weighted by molar-refractivity contribution is -0.387. The van der Waals surface area contributed by atoms with E-state index in [4.69, 9.17) is 0 Å². The molecule has 154 valence electrons. The Morgan fingerprint density at radius 1 is 1.00 bits per heavy atom. The van der Waals surface area contributed by atoms with Gasteiger partial charge in [0.15, 0.2) is 4.90 Å². The molecule has 0 saturated carbocycles. The summed E-state index contributed by atoms with van der Waals surface area (Å²) in [4.78, 5) is 24.2. The van der Waals surface area contributed by atoms with Gasteiger partial charge in [0.2, 0.25) is 15.9 Å². The van der Waals surface area contributed by atoms with Gasteiger partial charge in [0, 0.05) is 50.9 Å². The first kappa shape index (κ1) is 20.9. The van der Waals surface area contributed by atoms with Gasteiger partial charge in [-0.05, 0) is 18.2 Å². The molecule has 0 spiro atoms. The molecule has 1 aliphatic rings. The molecule has 9 nitrogen and oxygen atoms in total. The number of carbonyl (C=O) groups is 1. The molecule has 0 unspecified atom stereocenters. The van der Waals surface area contributed by atoms with Crippen LogP contribution in [0.25, 0.3) is 0 Å². The molecule has 1 heterocycles. The second-order valence-electron chi connectivity index (χ2n) is 6.63. The number of nitrogens with one attached hydrogen (secondary N) is 1. The molecular formula is C19H22N4O5S. The molecule has 10 heteroatoms. The predicted molar refractivity (Wildman–Crippen MR) is 108 cm³/mol. The van der Waals surface area contributed by atoms with Crippen molar-refractivity contribution < 1.29 is 18.1 Å². The maximum absolute atomic E-state index is 12.8. The number of rotatable bonds is 7. The highest BCUT2D eigenvalue weighted by Crippen LogP contribution is 2.26. The van der Waals surface area contributed by atoms with Crippen LogP contribution in [0.3, 0.4) is 0 Å². The van der Waals surface area contributed by atoms with Gasteiger partial charge in [-0.2, -0.15) is 4.31 Å². The SMILES string of the molecule is O=C(CCN1CCN(S(=O)(=O)c2ccccc2[N+](=O)[O-])CC1)Nc1ccccc1. The Morgan fingerprint density at radius 3 is 2.28 bits per heavy atom. The van der Waals surface area contributed by atoms with Crippen LogP contribution >= 0.6 is 0 Å². The lowest BCUT2D eigenvalue weighted by Crippen LogP contribution is -2.49. The number of para-hydroxylation sites is 2. The molecule has 29 heavy (non-hydrogen) atoms. The van der Waals surface area contributed by atoms with Crippen LogP contribution in [0.15, 0.2) is 59.5 Å². The van der Waals surface area contributed by atoms with Gasteiger partial charge in [0.1, 0.15) is 0 Å². The number of hydrogen-bond donors (Lipinski definition) is 1. The van der Waals surface area contributed by atoms with Crippen molar-refractivity contribution in [3.63, 3.8) is 0 Å². The number of hydrogen-bond acceptors (Lipinski definition) is 6. The number of sulfonamides is 1. The third-order valence-corrected chi connectivity index (χ3v) is 6.67. The lowest BCUT2D eigenvalue weighted by Gasteiger charge is -2.33. The van der Waals surface area contributed by atoms with Crippen molar-refractivity contribution in [3.8, 4) is 0 Å². The second kappa shape index (κ2) is 9.12. The van der Waals surface area contributed by atoms with E-state index in [1.807, 2.05) is 35.2 Å². The Kier molecular flexibility index (Phi) is 6.57. The predicted octanol–water partition coefficient (Wildman–Crippen LogP) is 1.93. The maximum Gasteiger partial charge on any atom is 0.289 e. The highest BCUT2D eigenvalue weighted by atomic mass is 32.2. The summed E-state index contributed by atoms with van der Waals surface area (Å²) in [6.07, 6.45) is 0.297. The third kappa shape index (κ3) is 5.17. The average molecular weight is 418 g/mol. The normalized spacial score (nSPS) is 15.7. The fraction of sp³-hybridized carbons (Fsp3) is 0.316. The standard InChI is InChI=1S/C19H22N4O5S/c24-19(20-16-6-2-1-3-7-16)10-11-21-12-14-22(15-13-21)29(27,28)18-9-5-4-8-17(18)23(25)26/h1-9H,10-15H2,(H,20,24). The van der Waals surface area contributed by atoms with Gasteiger partial charge < -0.3 is 10.2 Å². The van der Waals surface area contributed by atoms with Crippen LogP contribution in [0.4, 0.5) is 11.4 Å². The van der Waals surface area contributed by atoms with E-state index >= 15 is 0 Å². The number of piperazine rings is 1. The number of carbonyl (C=O) groups excluding carboxylic acids is 1. The smallest absolute Gasteiger partial charge is 0.289 e. The minimum absolute atomic E-state index is 0.105. The summed E-state index contributed by atoms with van der Waals surface area (Å²) < 4.78 is 26.9. The van der Waals surface area contributed by atoms with Crippen molar-refractivity contribution in [1.29, 1.82) is 0 Å². The monoisotopic (exact) mass is 418 g/mol. The van der Waals surface area contributed by atoms with Gasteiger partial charge in [0.25, 0.3) is 5.69 Å². The first-order chi connectivity index (χ1) is 13.9. The van der Waals surface area contributed by atoms with E-state index in [9.17, 15) is 23.3 Å². The Morgan fingerprint density at radius 2 is 1.62 bits per heavy atom. The zero-order valence-electron chi connectivity index (χ0n) is 15.7. The molecule has 1 saturated heterocycles. The van der Waals surface area contributed by atoms with Crippen molar-refractivity contribution in [2.45, 2.75) is 11.3 Å². The van der Waals surface area contributed by atoms with Gasteiger partial charge >= 0.3 is 0 Å². The second-order valence-corrected chi connectivity index (χ2v) is 8.54. The minimum Gasteiger partial charge on any atom is -0.326 e. The molecule has 1 aliphatic heterocycles. The third-order valence-electron chi connectivity index (χ3n) is 4.72. The molecule has 0 bridgehead atoms. The Balaban J connectivity index is 1.54. The van der Waals surface area contributed by atoms with E-state index < -0.39 is 20.6 Å². The number of amides is 1. The molecule has 2 aromatic rings. The van der Waals surface area contributed by atoms with Gasteiger partial charge in [0.05, 0.1) is 4.92 Å². The summed E-state index contributed by atoms with van der Waals surface area (Å²) in [6, 6.07) is 14.5. The molecule has 0 atom stereocenters. The Hall–Kier alpha value is -2.82. The summed E-state index contributed by atoms with van der Waals surface area (Å²) >= 11 is 0. The minimum atomic E-state index is -3.95. The van der Waals surface area contributed by atoms with Gasteiger partial charge in [-0.1, -0.05) is 30.3 Å². The van der Waals surface area contributed by atoms with Gasteiger partial charge in [-0.25, -0.2) is 8.42 Å². The molecule has 0 radical (unpaired) electrons. The topological polar surface area (TPSA) is 113 Å². The van der Waals surface area contributed by atoms with Crippen LogP contribution in [0.1, 0.15) is 6.42 Å². The molecule has 1 fully saturated rings. The van der Waals surface area contributed by atoms with E-state index in [2.05, 4.69) is 5.32 Å². The highest BCUT2D eigenvalue weighted by molar-refractivity contribution is 7.89. The largest absolute Gasteiger partial charge is 0.326 e. The molecule has 0 aliphatic carbocycles. The lowest BCUT2D eigenvalue weighted by atomic mass is 10.3. The van der Waals surface area contributed by atoms with E-state index in [-0.39, 0.29) is 23.9 Å². The van der Waals surface area contributed by atoms with Crippen LogP contribution in [0, 0.1) is 10.1 Å². The number of nitro benzene ring substituents is 1. The molecule has 1 N–H and O–H groups in total. The fourth-order valence-electron chi connectivity index (χ4n) is 3.16. The first-order valence-corrected chi connectivity index (χ1v) is 10.6. The van der Waals surface area contributed by atoms with Gasteiger partial charge in [-0.3, -0.25) is 14.9 Å². The number of benzene rings is 2. The molecular weight excluding hydrogens is 396 g/mol. The zero-order valence-corrected chi connectivity index (χ0v) is 16.5. The van der Waals surface area contributed by atoms with Gasteiger partial charge in [-0.15, -0.1) is 0 Å². The van der Waals surface area contributed by atoms with Crippen LogP contribution in [-0.4, -0.2) is 61.2 Å². The van der Waals surface area contributed by atoms with Crippen molar-refractivity contribution in [2.75, 3.05) is 38.0 Å². The van der Waals surface area contributed by atoms with E-state index in [1.165, 1.54) is 28.6 Å². The van der Waals surface area contributed by atoms with E-state index in [1.54, 1.807) is 0 Å². The van der Waals surface area contributed by atoms with Crippen LogP contribution < -0.4 is 5.32 Å². The average Bonchev–Trinajstić information content (AvgIpc) is 2.73. The molecule has 2 aromatic carbocycles. The first-order valence-electron chi connectivity index (χ1n) is 9.19. The van der Waals surface area contributed by atoms with E-state index in [0.29, 0.717) is 26.1 Å². The summed E-state index contributed by atoms with van der Waals surface area (Å²) in [5, 5.41) is 14.0. The Bertz CT molecular complexity index is 973. The summed E-state index contributed by atoms with van der Waals surface area (Å²) in [6.45, 7) is 1.86. The number of nitro groups is 1. The zero-order chi connectivity index (χ0) is 20.9. The van der Waals surface area contributed by atoms with Crippen molar-refractivity contribution >= 4 is 27.3 Å². The fourth-order valence-corrected chi connectivity index (χ4v) is 4.74. The number of anilines is 1. The van der Waals surface area contributed by atoms with Crippen LogP contribution in [0.5, 0.6) is 0 Å². The molecule has 3 rings (SSSR count). The number of nitrogens with zero attached hydrogens (tertiary/aromatic N) is 3. The van der Waals surface area contributed by atoms with Crippen LogP contribution in [0.2, 0.25) is 0 Å². The summed E-state index contributed by atoms with van der Waals surface area (Å²) in [5.74, 6) is -0.105. The Labute approximate surface area is 169 Å².